The molecule has 1 aliphatic rings. The van der Waals surface area contributed by atoms with E-state index in [-0.39, 0.29) is 0 Å². The molecule has 28 heavy (non-hydrogen) atoms. The lowest BCUT2D eigenvalue weighted by atomic mass is 10.2. The summed E-state index contributed by atoms with van der Waals surface area (Å²) in [5.74, 6) is 1.48. The maximum atomic E-state index is 4.88. The molecule has 0 saturated carbocycles. The van der Waals surface area contributed by atoms with Crippen molar-refractivity contribution >= 4 is 11.9 Å². The van der Waals surface area contributed by atoms with E-state index in [2.05, 4.69) is 68.3 Å². The van der Waals surface area contributed by atoms with Gasteiger partial charge in [0, 0.05) is 37.6 Å². The second-order valence-corrected chi connectivity index (χ2v) is 7.18. The fourth-order valence-electron chi connectivity index (χ4n) is 3.54. The van der Waals surface area contributed by atoms with Gasteiger partial charge in [-0.05, 0) is 31.0 Å². The zero-order valence-corrected chi connectivity index (χ0v) is 16.4. The number of aliphatic imine (C=N–C) groups is 1. The molecule has 2 aromatic carbocycles. The summed E-state index contributed by atoms with van der Waals surface area (Å²) in [4.78, 5) is 18.6. The number of aryl methyl sites for hydroxylation is 2. The molecule has 1 aromatic heterocycles. The van der Waals surface area contributed by atoms with Gasteiger partial charge >= 0.3 is 0 Å². The number of hydrogen-bond donors (Lipinski definition) is 0. The van der Waals surface area contributed by atoms with Crippen LogP contribution in [0.3, 0.4) is 0 Å². The van der Waals surface area contributed by atoms with Gasteiger partial charge < -0.3 is 9.80 Å². The van der Waals surface area contributed by atoms with Crippen molar-refractivity contribution in [2.75, 3.05) is 13.1 Å². The maximum absolute atomic E-state index is 4.88. The summed E-state index contributed by atoms with van der Waals surface area (Å²) in [6.45, 7) is 7.50. The lowest BCUT2D eigenvalue weighted by molar-refractivity contribution is 0.455. The Labute approximate surface area is 166 Å². The molecular weight excluding hydrogens is 346 g/mol. The van der Waals surface area contributed by atoms with E-state index in [1.807, 2.05) is 32.0 Å². The Morgan fingerprint density at radius 2 is 1.21 bits per heavy atom. The van der Waals surface area contributed by atoms with Crippen molar-refractivity contribution in [1.82, 2.24) is 19.8 Å². The average Bonchev–Trinajstić information content (AvgIpc) is 3.04. The van der Waals surface area contributed by atoms with Crippen molar-refractivity contribution < 1.29 is 0 Å². The first-order chi connectivity index (χ1) is 13.7. The van der Waals surface area contributed by atoms with Crippen LogP contribution in [0, 0.1) is 13.8 Å². The molecule has 142 valence electrons. The lowest BCUT2D eigenvalue weighted by Crippen LogP contribution is -2.33. The average molecular weight is 371 g/mol. The van der Waals surface area contributed by atoms with E-state index in [1.165, 1.54) is 11.1 Å². The Kier molecular flexibility index (Phi) is 5.33. The van der Waals surface area contributed by atoms with Crippen LogP contribution in [-0.2, 0) is 13.1 Å². The van der Waals surface area contributed by atoms with Gasteiger partial charge in [-0.25, -0.2) is 9.97 Å². The van der Waals surface area contributed by atoms with E-state index in [4.69, 9.17) is 4.99 Å². The first kappa shape index (κ1) is 18.2. The van der Waals surface area contributed by atoms with E-state index in [1.54, 1.807) is 0 Å². The molecule has 0 amide bonds. The normalized spacial score (nSPS) is 13.9. The zero-order chi connectivity index (χ0) is 19.3. The van der Waals surface area contributed by atoms with Crippen LogP contribution in [0.25, 0.3) is 0 Å². The topological polar surface area (TPSA) is 44.6 Å². The van der Waals surface area contributed by atoms with Crippen LogP contribution in [0.4, 0.5) is 5.95 Å². The van der Waals surface area contributed by atoms with Crippen LogP contribution in [-0.4, -0.2) is 38.8 Å². The highest BCUT2D eigenvalue weighted by Crippen LogP contribution is 2.19. The minimum absolute atomic E-state index is 0.533. The molecule has 0 N–H and O–H groups in total. The van der Waals surface area contributed by atoms with Crippen LogP contribution >= 0.6 is 0 Å². The molecule has 0 unspecified atom stereocenters. The summed E-state index contributed by atoms with van der Waals surface area (Å²) in [5.41, 5.74) is 4.43. The van der Waals surface area contributed by atoms with Gasteiger partial charge in [0.25, 0.3) is 5.95 Å². The number of hydrogen-bond acceptors (Lipinski definition) is 3. The summed E-state index contributed by atoms with van der Waals surface area (Å²) in [6, 6.07) is 23.0. The van der Waals surface area contributed by atoms with Gasteiger partial charge in [0.15, 0.2) is 0 Å². The smallest absolute Gasteiger partial charge is 0.253 e. The van der Waals surface area contributed by atoms with Gasteiger partial charge in [-0.3, -0.25) is 0 Å². The quantitative estimate of drug-likeness (QED) is 0.677. The molecule has 0 spiro atoms. The minimum Gasteiger partial charge on any atom is -0.336 e. The van der Waals surface area contributed by atoms with E-state index < -0.39 is 0 Å². The van der Waals surface area contributed by atoms with Crippen molar-refractivity contribution in [2.45, 2.75) is 26.9 Å². The van der Waals surface area contributed by atoms with Crippen LogP contribution in [0.15, 0.2) is 71.7 Å². The molecule has 1 saturated heterocycles. The fourth-order valence-corrected chi connectivity index (χ4v) is 3.54. The fraction of sp³-hybridized carbons (Fsp3) is 0.261. The third kappa shape index (κ3) is 4.36. The highest BCUT2D eigenvalue weighted by Gasteiger charge is 2.27. The molecule has 3 aromatic rings. The summed E-state index contributed by atoms with van der Waals surface area (Å²) in [7, 11) is 0. The zero-order valence-electron chi connectivity index (χ0n) is 16.4. The predicted molar refractivity (Wildman–Crippen MR) is 112 cm³/mol. The molecule has 1 fully saturated rings. The van der Waals surface area contributed by atoms with E-state index >= 15 is 0 Å². The van der Waals surface area contributed by atoms with Crippen LogP contribution in [0.1, 0.15) is 22.5 Å². The third-order valence-electron chi connectivity index (χ3n) is 4.81. The number of nitrogens with zero attached hydrogens (tertiary/aromatic N) is 5. The standard InChI is InChI=1S/C23H25N5/c1-18-15-19(2)25-22(24-18)26-23-27(16-20-9-5-3-6-10-20)13-14-28(23)17-21-11-7-4-8-12-21/h3-12,15H,13-14,16-17H2,1-2H3. The summed E-state index contributed by atoms with van der Waals surface area (Å²) in [6.07, 6.45) is 0. The second kappa shape index (κ2) is 8.21. The number of guanidine groups is 1. The van der Waals surface area contributed by atoms with E-state index in [9.17, 15) is 0 Å². The number of aromatic nitrogens is 2. The molecule has 0 radical (unpaired) electrons. The van der Waals surface area contributed by atoms with Gasteiger partial charge in [-0.1, -0.05) is 60.7 Å². The Bertz CT molecular complexity index is 881. The van der Waals surface area contributed by atoms with Crippen molar-refractivity contribution in [2.24, 2.45) is 4.99 Å². The molecule has 5 heteroatoms. The largest absolute Gasteiger partial charge is 0.336 e. The molecular formula is C23H25N5. The Morgan fingerprint density at radius 3 is 1.68 bits per heavy atom. The summed E-state index contributed by atoms with van der Waals surface area (Å²) >= 11 is 0. The first-order valence-corrected chi connectivity index (χ1v) is 9.66. The molecule has 5 nitrogen and oxygen atoms in total. The van der Waals surface area contributed by atoms with Gasteiger partial charge in [0.1, 0.15) is 0 Å². The maximum Gasteiger partial charge on any atom is 0.253 e. The predicted octanol–water partition coefficient (Wildman–Crippen LogP) is 4.10. The SMILES string of the molecule is Cc1cc(C)nc(N=C2N(Cc3ccccc3)CCN2Cc2ccccc2)n1. The molecule has 1 aliphatic heterocycles. The first-order valence-electron chi connectivity index (χ1n) is 9.66. The van der Waals surface area contributed by atoms with Crippen LogP contribution < -0.4 is 0 Å². The third-order valence-corrected chi connectivity index (χ3v) is 4.81. The van der Waals surface area contributed by atoms with Crippen LogP contribution in [0.2, 0.25) is 0 Å². The minimum atomic E-state index is 0.533. The van der Waals surface area contributed by atoms with Crippen molar-refractivity contribution in [3.05, 3.63) is 89.2 Å². The second-order valence-electron chi connectivity index (χ2n) is 7.18. The molecule has 0 bridgehead atoms. The monoisotopic (exact) mass is 371 g/mol. The molecule has 0 atom stereocenters. The molecule has 0 aliphatic carbocycles. The van der Waals surface area contributed by atoms with Crippen molar-refractivity contribution in [3.63, 3.8) is 0 Å². The molecule has 2 heterocycles. The Hall–Kier alpha value is -3.21. The van der Waals surface area contributed by atoms with Gasteiger partial charge in [0.05, 0.1) is 0 Å². The highest BCUT2D eigenvalue weighted by atomic mass is 15.4. The number of benzene rings is 2. The highest BCUT2D eigenvalue weighted by molar-refractivity contribution is 5.83. The Morgan fingerprint density at radius 1 is 0.750 bits per heavy atom. The van der Waals surface area contributed by atoms with Gasteiger partial charge in [-0.15, -0.1) is 0 Å². The van der Waals surface area contributed by atoms with E-state index in [0.29, 0.717) is 5.95 Å². The van der Waals surface area contributed by atoms with Crippen molar-refractivity contribution in [1.29, 1.82) is 0 Å². The van der Waals surface area contributed by atoms with E-state index in [0.717, 1.165) is 43.5 Å². The van der Waals surface area contributed by atoms with Gasteiger partial charge in [0.2, 0.25) is 5.96 Å². The van der Waals surface area contributed by atoms with Crippen molar-refractivity contribution in [3.8, 4) is 0 Å². The number of rotatable bonds is 5. The van der Waals surface area contributed by atoms with Crippen LogP contribution in [0.5, 0.6) is 0 Å². The van der Waals surface area contributed by atoms with Gasteiger partial charge in [-0.2, -0.15) is 4.99 Å². The Balaban J connectivity index is 1.65. The lowest BCUT2D eigenvalue weighted by Gasteiger charge is -2.23. The molecule has 4 rings (SSSR count). The summed E-state index contributed by atoms with van der Waals surface area (Å²) < 4.78 is 0. The summed E-state index contributed by atoms with van der Waals surface area (Å²) in [5, 5.41) is 0.